The van der Waals surface area contributed by atoms with Gasteiger partial charge in [0, 0.05) is 12.8 Å². The molecular weight excluding hydrogens is 306 g/mol. The quantitative estimate of drug-likeness (QED) is 0.728. The van der Waals surface area contributed by atoms with E-state index in [1.807, 2.05) is 6.92 Å². The van der Waals surface area contributed by atoms with Crippen LogP contribution in [-0.2, 0) is 14.3 Å². The van der Waals surface area contributed by atoms with Crippen LogP contribution < -0.4 is 0 Å². The van der Waals surface area contributed by atoms with Crippen LogP contribution in [-0.4, -0.2) is 48.9 Å². The van der Waals surface area contributed by atoms with Crippen LogP contribution in [0.3, 0.4) is 0 Å². The molecule has 5 heteroatoms. The SMILES string of the molecule is COC(=O)[N+]1(C(=O)COC2CCCC(C)(C(C)C)C2)CCC[C@H]1C. The van der Waals surface area contributed by atoms with Gasteiger partial charge < -0.3 is 9.47 Å². The van der Waals surface area contributed by atoms with Gasteiger partial charge in [0.25, 0.3) is 0 Å². The van der Waals surface area contributed by atoms with E-state index in [1.54, 1.807) is 0 Å². The van der Waals surface area contributed by atoms with Gasteiger partial charge in [-0.25, -0.2) is 4.79 Å². The number of hydrogen-bond acceptors (Lipinski definition) is 4. The lowest BCUT2D eigenvalue weighted by Gasteiger charge is -2.41. The molecule has 1 aliphatic heterocycles. The molecule has 1 aliphatic carbocycles. The van der Waals surface area contributed by atoms with Crippen molar-refractivity contribution in [2.45, 2.75) is 78.4 Å². The minimum Gasteiger partial charge on any atom is -0.423 e. The number of carbonyl (C=O) groups is 2. The predicted octanol–water partition coefficient (Wildman–Crippen LogP) is 3.90. The Morgan fingerprint density at radius 1 is 1.25 bits per heavy atom. The van der Waals surface area contributed by atoms with E-state index >= 15 is 0 Å². The summed E-state index contributed by atoms with van der Waals surface area (Å²) in [7, 11) is 1.36. The Balaban J connectivity index is 2.00. The first-order valence-electron chi connectivity index (χ1n) is 9.37. The van der Waals surface area contributed by atoms with Crippen molar-refractivity contribution in [2.24, 2.45) is 11.3 Å². The molecule has 1 saturated heterocycles. The molecule has 0 bridgehead atoms. The maximum absolute atomic E-state index is 12.9. The number of rotatable bonds is 4. The smallest absolute Gasteiger partial charge is 0.423 e. The van der Waals surface area contributed by atoms with Crippen LogP contribution >= 0.6 is 0 Å². The average molecular weight is 340 g/mol. The molecule has 2 amide bonds. The zero-order valence-electron chi connectivity index (χ0n) is 16.0. The lowest BCUT2D eigenvalue weighted by molar-refractivity contribution is -0.793. The average Bonchev–Trinajstić information content (AvgIpc) is 2.94. The van der Waals surface area contributed by atoms with E-state index < -0.39 is 6.09 Å². The van der Waals surface area contributed by atoms with Crippen molar-refractivity contribution in [1.82, 2.24) is 0 Å². The highest BCUT2D eigenvalue weighted by Crippen LogP contribution is 2.43. The Kier molecular flexibility index (Phi) is 6.08. The molecule has 0 radical (unpaired) electrons. The van der Waals surface area contributed by atoms with E-state index in [0.717, 1.165) is 32.1 Å². The summed E-state index contributed by atoms with van der Waals surface area (Å²) in [6.07, 6.45) is 5.77. The highest BCUT2D eigenvalue weighted by molar-refractivity contribution is 5.82. The zero-order chi connectivity index (χ0) is 18.0. The van der Waals surface area contributed by atoms with E-state index in [1.165, 1.54) is 13.5 Å². The van der Waals surface area contributed by atoms with Gasteiger partial charge in [-0.1, -0.05) is 27.2 Å². The highest BCUT2D eigenvalue weighted by Gasteiger charge is 2.53. The van der Waals surface area contributed by atoms with Gasteiger partial charge in [-0.15, -0.1) is 0 Å². The van der Waals surface area contributed by atoms with Gasteiger partial charge in [0.05, 0.1) is 19.8 Å². The molecule has 0 spiro atoms. The summed E-state index contributed by atoms with van der Waals surface area (Å²) in [5, 5.41) is 0. The topological polar surface area (TPSA) is 52.6 Å². The number of amides is 2. The fraction of sp³-hybridized carbons (Fsp3) is 0.895. The summed E-state index contributed by atoms with van der Waals surface area (Å²) in [6.45, 7) is 9.34. The highest BCUT2D eigenvalue weighted by atomic mass is 16.6. The lowest BCUT2D eigenvalue weighted by atomic mass is 9.67. The predicted molar refractivity (Wildman–Crippen MR) is 92.4 cm³/mol. The third-order valence-electron chi connectivity index (χ3n) is 6.63. The van der Waals surface area contributed by atoms with Crippen LogP contribution in [0, 0.1) is 11.3 Å². The van der Waals surface area contributed by atoms with Crippen molar-refractivity contribution in [3.05, 3.63) is 0 Å². The van der Waals surface area contributed by atoms with Crippen molar-refractivity contribution in [2.75, 3.05) is 20.3 Å². The fourth-order valence-electron chi connectivity index (χ4n) is 4.41. The maximum atomic E-state index is 12.9. The molecule has 24 heavy (non-hydrogen) atoms. The minimum atomic E-state index is -0.440. The lowest BCUT2D eigenvalue weighted by Crippen LogP contribution is -2.60. The summed E-state index contributed by atoms with van der Waals surface area (Å²) < 4.78 is 10.7. The first kappa shape index (κ1) is 19.4. The van der Waals surface area contributed by atoms with E-state index in [-0.39, 0.29) is 34.6 Å². The summed E-state index contributed by atoms with van der Waals surface area (Å²) in [4.78, 5) is 25.2. The molecule has 2 aliphatic rings. The number of likely N-dealkylation sites (tertiary alicyclic amines) is 1. The van der Waals surface area contributed by atoms with Crippen LogP contribution in [0.5, 0.6) is 0 Å². The molecule has 1 heterocycles. The zero-order valence-corrected chi connectivity index (χ0v) is 16.0. The summed E-state index contributed by atoms with van der Waals surface area (Å²) in [5.74, 6) is 0.454. The number of hydrogen-bond donors (Lipinski definition) is 0. The Morgan fingerprint density at radius 3 is 2.50 bits per heavy atom. The molecule has 3 unspecified atom stereocenters. The van der Waals surface area contributed by atoms with Crippen molar-refractivity contribution >= 4 is 12.0 Å². The molecule has 1 saturated carbocycles. The fourth-order valence-corrected chi connectivity index (χ4v) is 4.41. The molecule has 0 aromatic heterocycles. The standard InChI is InChI=1S/C19H34NO4/c1-14(2)19(4)10-6-9-16(12-19)24-13-17(21)20(18(22)23-5)11-7-8-15(20)3/h14-16H,6-13H2,1-5H3/q+1/t15-,16?,19?,20?/m1/s1. The normalized spacial score (nSPS) is 36.8. The van der Waals surface area contributed by atoms with Crippen LogP contribution in [0.25, 0.3) is 0 Å². The Hall–Kier alpha value is -0.940. The largest absolute Gasteiger partial charge is 0.523 e. The second-order valence-corrected chi connectivity index (χ2v) is 8.29. The molecule has 0 N–H and O–H groups in total. The van der Waals surface area contributed by atoms with Gasteiger partial charge in [0.1, 0.15) is 6.04 Å². The van der Waals surface area contributed by atoms with Crippen LogP contribution in [0.15, 0.2) is 0 Å². The van der Waals surface area contributed by atoms with Gasteiger partial charge in [-0.05, 0) is 37.5 Å². The van der Waals surface area contributed by atoms with Crippen molar-refractivity contribution in [1.29, 1.82) is 0 Å². The van der Waals surface area contributed by atoms with Crippen molar-refractivity contribution in [3.8, 4) is 0 Å². The number of imide groups is 1. The Morgan fingerprint density at radius 2 is 1.96 bits per heavy atom. The summed E-state index contributed by atoms with van der Waals surface area (Å²) in [6, 6.07) is -0.0270. The second kappa shape index (κ2) is 7.52. The number of quaternary nitrogens is 1. The molecule has 0 aromatic rings. The summed E-state index contributed by atoms with van der Waals surface area (Å²) in [5.41, 5.74) is 0.279. The number of carbonyl (C=O) groups excluding carboxylic acids is 2. The van der Waals surface area contributed by atoms with Crippen LogP contribution in [0.2, 0.25) is 0 Å². The number of nitrogens with zero attached hydrogens (tertiary/aromatic N) is 1. The number of methoxy groups -OCH3 is 1. The van der Waals surface area contributed by atoms with Crippen molar-refractivity contribution < 1.29 is 23.5 Å². The third-order valence-corrected chi connectivity index (χ3v) is 6.63. The molecular formula is C19H34NO4+. The van der Waals surface area contributed by atoms with Crippen molar-refractivity contribution in [3.63, 3.8) is 0 Å². The Bertz CT molecular complexity index is 478. The first-order chi connectivity index (χ1) is 11.3. The maximum Gasteiger partial charge on any atom is 0.523 e. The van der Waals surface area contributed by atoms with Gasteiger partial charge in [0.15, 0.2) is 6.61 Å². The van der Waals surface area contributed by atoms with E-state index in [2.05, 4.69) is 20.8 Å². The van der Waals surface area contributed by atoms with Gasteiger partial charge >= 0.3 is 12.0 Å². The molecule has 0 aromatic carbocycles. The van der Waals surface area contributed by atoms with Gasteiger partial charge in [-0.2, -0.15) is 9.28 Å². The van der Waals surface area contributed by atoms with Crippen LogP contribution in [0.1, 0.15) is 66.2 Å². The van der Waals surface area contributed by atoms with Gasteiger partial charge in [0.2, 0.25) is 0 Å². The second-order valence-electron chi connectivity index (χ2n) is 8.29. The third kappa shape index (κ3) is 3.52. The molecule has 5 nitrogen and oxygen atoms in total. The monoisotopic (exact) mass is 340 g/mol. The van der Waals surface area contributed by atoms with Gasteiger partial charge in [-0.3, -0.25) is 0 Å². The summed E-state index contributed by atoms with van der Waals surface area (Å²) >= 11 is 0. The number of ether oxygens (including phenoxy) is 2. The molecule has 2 rings (SSSR count). The molecule has 2 fully saturated rings. The van der Waals surface area contributed by atoms with Crippen LogP contribution in [0.4, 0.5) is 4.79 Å². The van der Waals surface area contributed by atoms with E-state index in [0.29, 0.717) is 12.5 Å². The molecule has 138 valence electrons. The first-order valence-corrected chi connectivity index (χ1v) is 9.37. The van der Waals surface area contributed by atoms with E-state index in [9.17, 15) is 9.59 Å². The minimum absolute atomic E-state index is 0.0122. The molecule has 4 atom stereocenters. The Labute approximate surface area is 146 Å². The van der Waals surface area contributed by atoms with E-state index in [4.69, 9.17) is 9.47 Å².